The summed E-state index contributed by atoms with van der Waals surface area (Å²) >= 11 is 6.02. The first kappa shape index (κ1) is 17.2. The van der Waals surface area contributed by atoms with Crippen molar-refractivity contribution in [3.63, 3.8) is 0 Å². The lowest BCUT2D eigenvalue weighted by atomic mass is 9.95. The monoisotopic (exact) mass is 355 g/mol. The molecule has 0 bridgehead atoms. The highest BCUT2D eigenvalue weighted by atomic mass is 35.5. The Kier molecular flexibility index (Phi) is 5.51. The van der Waals surface area contributed by atoms with Crippen LogP contribution in [-0.4, -0.2) is 11.9 Å². The van der Waals surface area contributed by atoms with E-state index in [0.717, 1.165) is 19.3 Å². The lowest BCUT2D eigenvalue weighted by Crippen LogP contribution is -2.21. The van der Waals surface area contributed by atoms with E-state index in [-0.39, 0.29) is 17.8 Å². The van der Waals surface area contributed by atoms with Gasteiger partial charge in [0, 0.05) is 5.69 Å². The average Bonchev–Trinajstić information content (AvgIpc) is 2.64. The predicted octanol–water partition coefficient (Wildman–Crippen LogP) is 4.85. The number of allylic oxidation sites excluding steroid dienone is 2. The molecule has 0 heterocycles. The van der Waals surface area contributed by atoms with Crippen LogP contribution in [0.25, 0.3) is 0 Å². The number of benzene rings is 2. The number of carbonyl (C=O) groups excluding carboxylic acids is 2. The van der Waals surface area contributed by atoms with Crippen LogP contribution in [0.5, 0.6) is 5.75 Å². The van der Waals surface area contributed by atoms with Crippen molar-refractivity contribution in [3.05, 3.63) is 71.3 Å². The smallest absolute Gasteiger partial charge is 0.314 e. The SMILES string of the molecule is O=C(Nc1ccc(OC(=O)[C@H]2CC=CCC2)cc1)c1ccccc1Cl. The van der Waals surface area contributed by atoms with Gasteiger partial charge in [-0.2, -0.15) is 0 Å². The first-order valence-electron chi connectivity index (χ1n) is 8.16. The summed E-state index contributed by atoms with van der Waals surface area (Å²) in [6, 6.07) is 13.6. The fraction of sp³-hybridized carbons (Fsp3) is 0.200. The molecule has 2 aromatic carbocycles. The minimum atomic E-state index is -0.288. The topological polar surface area (TPSA) is 55.4 Å². The van der Waals surface area contributed by atoms with E-state index in [0.29, 0.717) is 22.0 Å². The lowest BCUT2D eigenvalue weighted by molar-refractivity contribution is -0.139. The Bertz CT molecular complexity index is 799. The van der Waals surface area contributed by atoms with Gasteiger partial charge in [-0.25, -0.2) is 0 Å². The van der Waals surface area contributed by atoms with Crippen molar-refractivity contribution in [1.82, 2.24) is 0 Å². The molecule has 0 aliphatic heterocycles. The Hall–Kier alpha value is -2.59. The summed E-state index contributed by atoms with van der Waals surface area (Å²) in [6.45, 7) is 0. The Labute approximate surface area is 151 Å². The maximum atomic E-state index is 12.2. The molecule has 1 amide bonds. The van der Waals surface area contributed by atoms with Gasteiger partial charge >= 0.3 is 5.97 Å². The van der Waals surface area contributed by atoms with Gasteiger partial charge in [-0.05, 0) is 55.7 Å². The average molecular weight is 356 g/mol. The molecular formula is C20H18ClNO3. The van der Waals surface area contributed by atoms with E-state index in [1.165, 1.54) is 0 Å². The zero-order chi connectivity index (χ0) is 17.6. The van der Waals surface area contributed by atoms with Crippen LogP contribution >= 0.6 is 11.6 Å². The van der Waals surface area contributed by atoms with Gasteiger partial charge in [0.25, 0.3) is 5.91 Å². The molecule has 128 valence electrons. The quantitative estimate of drug-likeness (QED) is 0.484. The first-order chi connectivity index (χ1) is 12.1. The second-order valence-corrected chi connectivity index (χ2v) is 6.27. The zero-order valence-electron chi connectivity index (χ0n) is 13.6. The molecule has 5 heteroatoms. The molecular weight excluding hydrogens is 338 g/mol. The van der Waals surface area contributed by atoms with Crippen LogP contribution in [0.2, 0.25) is 5.02 Å². The number of amides is 1. The maximum absolute atomic E-state index is 12.2. The highest BCUT2D eigenvalue weighted by Crippen LogP contribution is 2.23. The van der Waals surface area contributed by atoms with Gasteiger partial charge in [-0.3, -0.25) is 9.59 Å². The number of carbonyl (C=O) groups is 2. The van der Waals surface area contributed by atoms with Crippen molar-refractivity contribution >= 4 is 29.2 Å². The van der Waals surface area contributed by atoms with Crippen LogP contribution in [-0.2, 0) is 4.79 Å². The Balaban J connectivity index is 1.60. The number of rotatable bonds is 4. The van der Waals surface area contributed by atoms with E-state index in [9.17, 15) is 9.59 Å². The fourth-order valence-electron chi connectivity index (χ4n) is 2.66. The number of esters is 1. The summed E-state index contributed by atoms with van der Waals surface area (Å²) in [6.07, 6.45) is 6.56. The molecule has 2 aromatic rings. The zero-order valence-corrected chi connectivity index (χ0v) is 14.3. The van der Waals surface area contributed by atoms with Crippen LogP contribution in [0.15, 0.2) is 60.7 Å². The molecule has 1 atom stereocenters. The third-order valence-corrected chi connectivity index (χ3v) is 4.38. The standard InChI is InChI=1S/C20H18ClNO3/c21-18-9-5-4-8-17(18)19(23)22-15-10-12-16(13-11-15)25-20(24)14-6-2-1-3-7-14/h1-2,4-5,8-14H,3,6-7H2,(H,22,23)/t14-/m0/s1. The van der Waals surface area contributed by atoms with E-state index in [4.69, 9.17) is 16.3 Å². The number of anilines is 1. The third kappa shape index (κ3) is 4.48. The van der Waals surface area contributed by atoms with Crippen LogP contribution < -0.4 is 10.1 Å². The summed E-state index contributed by atoms with van der Waals surface area (Å²) in [5.74, 6) is -0.110. The molecule has 0 aromatic heterocycles. The van der Waals surface area contributed by atoms with Crippen LogP contribution in [0.1, 0.15) is 29.6 Å². The molecule has 0 saturated heterocycles. The van der Waals surface area contributed by atoms with E-state index in [2.05, 4.69) is 11.4 Å². The second-order valence-electron chi connectivity index (χ2n) is 5.86. The van der Waals surface area contributed by atoms with E-state index in [1.807, 2.05) is 6.08 Å². The Morgan fingerprint density at radius 1 is 1.04 bits per heavy atom. The van der Waals surface area contributed by atoms with Gasteiger partial charge in [-0.1, -0.05) is 35.9 Å². The number of hydrogen-bond acceptors (Lipinski definition) is 3. The maximum Gasteiger partial charge on any atom is 0.314 e. The minimum absolute atomic E-state index is 0.0791. The molecule has 3 rings (SSSR count). The van der Waals surface area contributed by atoms with E-state index in [1.54, 1.807) is 48.5 Å². The highest BCUT2D eigenvalue weighted by Gasteiger charge is 2.20. The van der Waals surface area contributed by atoms with Gasteiger partial charge in [0.15, 0.2) is 0 Å². The van der Waals surface area contributed by atoms with Crippen LogP contribution in [0.3, 0.4) is 0 Å². The first-order valence-corrected chi connectivity index (χ1v) is 8.54. The normalized spacial score (nSPS) is 16.3. The summed E-state index contributed by atoms with van der Waals surface area (Å²) in [4.78, 5) is 24.3. The molecule has 25 heavy (non-hydrogen) atoms. The summed E-state index contributed by atoms with van der Waals surface area (Å²) in [7, 11) is 0. The summed E-state index contributed by atoms with van der Waals surface area (Å²) in [5.41, 5.74) is 1.01. The molecule has 0 spiro atoms. The largest absolute Gasteiger partial charge is 0.426 e. The van der Waals surface area contributed by atoms with Crippen molar-refractivity contribution in [2.45, 2.75) is 19.3 Å². The summed E-state index contributed by atoms with van der Waals surface area (Å²) < 4.78 is 5.41. The van der Waals surface area contributed by atoms with Crippen molar-refractivity contribution in [1.29, 1.82) is 0 Å². The molecule has 0 radical (unpaired) electrons. The molecule has 4 nitrogen and oxygen atoms in total. The van der Waals surface area contributed by atoms with Crippen molar-refractivity contribution in [2.24, 2.45) is 5.92 Å². The number of nitrogens with one attached hydrogen (secondary N) is 1. The molecule has 1 N–H and O–H groups in total. The van der Waals surface area contributed by atoms with Crippen molar-refractivity contribution in [2.75, 3.05) is 5.32 Å². The number of halogens is 1. The van der Waals surface area contributed by atoms with Gasteiger partial charge < -0.3 is 10.1 Å². The van der Waals surface area contributed by atoms with Crippen LogP contribution in [0.4, 0.5) is 5.69 Å². The fourth-order valence-corrected chi connectivity index (χ4v) is 2.88. The molecule has 0 fully saturated rings. The second kappa shape index (κ2) is 7.99. The van der Waals surface area contributed by atoms with Gasteiger partial charge in [0.05, 0.1) is 16.5 Å². The van der Waals surface area contributed by atoms with Crippen LogP contribution in [0, 0.1) is 5.92 Å². The van der Waals surface area contributed by atoms with Crippen molar-refractivity contribution < 1.29 is 14.3 Å². The minimum Gasteiger partial charge on any atom is -0.426 e. The van der Waals surface area contributed by atoms with Crippen molar-refractivity contribution in [3.8, 4) is 5.75 Å². The third-order valence-electron chi connectivity index (χ3n) is 4.05. The van der Waals surface area contributed by atoms with Gasteiger partial charge in [0.2, 0.25) is 0 Å². The predicted molar refractivity (Wildman–Crippen MR) is 98.0 cm³/mol. The van der Waals surface area contributed by atoms with E-state index >= 15 is 0 Å². The highest BCUT2D eigenvalue weighted by molar-refractivity contribution is 6.34. The number of hydrogen-bond donors (Lipinski definition) is 1. The summed E-state index contributed by atoms with van der Waals surface area (Å²) in [5, 5.41) is 3.17. The van der Waals surface area contributed by atoms with Gasteiger partial charge in [-0.15, -0.1) is 0 Å². The lowest BCUT2D eigenvalue weighted by Gasteiger charge is -2.16. The number of ether oxygens (including phenoxy) is 1. The molecule has 1 aliphatic carbocycles. The molecule has 0 saturated carbocycles. The van der Waals surface area contributed by atoms with Gasteiger partial charge in [0.1, 0.15) is 5.75 Å². The molecule has 1 aliphatic rings. The Morgan fingerprint density at radius 2 is 1.80 bits per heavy atom. The van der Waals surface area contributed by atoms with E-state index < -0.39 is 0 Å². The molecule has 0 unspecified atom stereocenters. The Morgan fingerprint density at radius 3 is 2.48 bits per heavy atom.